The first kappa shape index (κ1) is 19.9. The van der Waals surface area contributed by atoms with Gasteiger partial charge in [0.1, 0.15) is 0 Å². The van der Waals surface area contributed by atoms with Gasteiger partial charge >= 0.3 is 0 Å². The number of amides is 3. The summed E-state index contributed by atoms with van der Waals surface area (Å²) in [6.07, 6.45) is 0. The molecule has 6 nitrogen and oxygen atoms in total. The van der Waals surface area contributed by atoms with Crippen LogP contribution in [0.25, 0.3) is 10.9 Å². The molecule has 0 aliphatic carbocycles. The van der Waals surface area contributed by atoms with E-state index < -0.39 is 11.8 Å². The van der Waals surface area contributed by atoms with Crippen LogP contribution < -0.4 is 10.2 Å². The van der Waals surface area contributed by atoms with Crippen molar-refractivity contribution in [1.29, 1.82) is 0 Å². The maximum atomic E-state index is 13.0. The molecule has 1 N–H and O–H groups in total. The summed E-state index contributed by atoms with van der Waals surface area (Å²) < 4.78 is 0. The Morgan fingerprint density at radius 1 is 0.906 bits per heavy atom. The number of halogens is 1. The Hall–Kier alpha value is -4.03. The monoisotopic (exact) mass is 441 g/mol. The van der Waals surface area contributed by atoms with Crippen molar-refractivity contribution >= 4 is 51.6 Å². The van der Waals surface area contributed by atoms with Gasteiger partial charge in [-0.05, 0) is 49.4 Å². The number of aryl methyl sites for hydroxylation is 1. The fourth-order valence-corrected chi connectivity index (χ4v) is 4.13. The molecule has 0 unspecified atom stereocenters. The Balaban J connectivity index is 1.45. The van der Waals surface area contributed by atoms with Crippen molar-refractivity contribution in [2.75, 3.05) is 10.2 Å². The lowest BCUT2D eigenvalue weighted by atomic mass is 10.1. The van der Waals surface area contributed by atoms with E-state index in [4.69, 9.17) is 11.6 Å². The third-order valence-electron chi connectivity index (χ3n) is 5.33. The van der Waals surface area contributed by atoms with Gasteiger partial charge in [-0.1, -0.05) is 41.9 Å². The number of benzene rings is 3. The molecule has 0 atom stereocenters. The summed E-state index contributed by atoms with van der Waals surface area (Å²) in [6, 6.07) is 20.5. The van der Waals surface area contributed by atoms with Crippen LogP contribution in [0, 0.1) is 6.92 Å². The summed E-state index contributed by atoms with van der Waals surface area (Å²) >= 11 is 6.43. The minimum Gasteiger partial charge on any atom is -0.322 e. The van der Waals surface area contributed by atoms with Crippen LogP contribution in [0.5, 0.6) is 0 Å². The van der Waals surface area contributed by atoms with Crippen molar-refractivity contribution in [3.05, 3.63) is 100 Å². The molecular weight excluding hydrogens is 426 g/mol. The lowest BCUT2D eigenvalue weighted by Gasteiger charge is -2.17. The molecule has 0 bridgehead atoms. The molecule has 2 heterocycles. The molecule has 3 aromatic carbocycles. The number of anilines is 2. The highest BCUT2D eigenvalue weighted by atomic mass is 35.5. The number of imide groups is 1. The van der Waals surface area contributed by atoms with E-state index in [1.807, 2.05) is 31.2 Å². The standard InChI is InChI=1S/C25H16ClN3O3/c1-14-12-19(16-6-4-5-9-21(16)27-14)23(30)28-15-10-11-22(20(26)13-15)29-24(31)17-7-2-3-8-18(17)25(29)32/h2-13H,1H3,(H,28,30). The van der Waals surface area contributed by atoms with E-state index in [1.54, 1.807) is 42.5 Å². The zero-order chi connectivity index (χ0) is 22.4. The summed E-state index contributed by atoms with van der Waals surface area (Å²) in [5.41, 5.74) is 3.34. The van der Waals surface area contributed by atoms with Crippen LogP contribution in [-0.4, -0.2) is 22.7 Å². The number of carbonyl (C=O) groups excluding carboxylic acids is 3. The number of nitrogens with one attached hydrogen (secondary N) is 1. The number of carbonyl (C=O) groups is 3. The van der Waals surface area contributed by atoms with Crippen LogP contribution in [0.3, 0.4) is 0 Å². The van der Waals surface area contributed by atoms with Gasteiger partial charge in [0.25, 0.3) is 17.7 Å². The highest BCUT2D eigenvalue weighted by Gasteiger charge is 2.37. The van der Waals surface area contributed by atoms with E-state index in [1.165, 1.54) is 6.07 Å². The molecule has 156 valence electrons. The largest absolute Gasteiger partial charge is 0.322 e. The van der Waals surface area contributed by atoms with Crippen LogP contribution in [0.4, 0.5) is 11.4 Å². The second kappa shape index (κ2) is 7.59. The topological polar surface area (TPSA) is 79.4 Å². The number of nitrogens with zero attached hydrogens (tertiary/aromatic N) is 2. The highest BCUT2D eigenvalue weighted by Crippen LogP contribution is 2.35. The first-order valence-electron chi connectivity index (χ1n) is 9.89. The van der Waals surface area contributed by atoms with E-state index >= 15 is 0 Å². The van der Waals surface area contributed by atoms with Gasteiger partial charge in [0.05, 0.1) is 32.9 Å². The average Bonchev–Trinajstić information content (AvgIpc) is 3.04. The minimum atomic E-state index is -0.428. The number of pyridine rings is 1. The van der Waals surface area contributed by atoms with Crippen molar-refractivity contribution in [3.8, 4) is 0 Å². The smallest absolute Gasteiger partial charge is 0.266 e. The Labute approximate surface area is 188 Å². The number of fused-ring (bicyclic) bond motifs is 2. The van der Waals surface area contributed by atoms with E-state index in [2.05, 4.69) is 10.3 Å². The highest BCUT2D eigenvalue weighted by molar-refractivity contribution is 6.40. The first-order chi connectivity index (χ1) is 15.4. The zero-order valence-corrected chi connectivity index (χ0v) is 17.7. The number of hydrogen-bond donors (Lipinski definition) is 1. The van der Waals surface area contributed by atoms with Crippen LogP contribution in [0.2, 0.25) is 5.02 Å². The van der Waals surface area contributed by atoms with Crippen LogP contribution in [0.1, 0.15) is 36.8 Å². The molecule has 0 radical (unpaired) electrons. The number of rotatable bonds is 3. The second-order valence-electron chi connectivity index (χ2n) is 7.44. The number of para-hydroxylation sites is 1. The molecule has 1 aromatic heterocycles. The van der Waals surface area contributed by atoms with Gasteiger partial charge < -0.3 is 5.32 Å². The summed E-state index contributed by atoms with van der Waals surface area (Å²) in [5, 5.41) is 3.75. The lowest BCUT2D eigenvalue weighted by molar-refractivity contribution is 0.0924. The molecule has 1 aliphatic rings. The summed E-state index contributed by atoms with van der Waals surface area (Å²) in [5.74, 6) is -1.16. The molecule has 32 heavy (non-hydrogen) atoms. The summed E-state index contributed by atoms with van der Waals surface area (Å²) in [6.45, 7) is 1.83. The van der Waals surface area contributed by atoms with Crippen LogP contribution in [-0.2, 0) is 0 Å². The van der Waals surface area contributed by atoms with E-state index in [0.29, 0.717) is 22.4 Å². The molecule has 4 aromatic rings. The molecule has 0 fully saturated rings. The predicted molar refractivity (Wildman–Crippen MR) is 123 cm³/mol. The van der Waals surface area contributed by atoms with Crippen molar-refractivity contribution in [1.82, 2.24) is 4.98 Å². The Morgan fingerprint density at radius 2 is 1.56 bits per heavy atom. The first-order valence-corrected chi connectivity index (χ1v) is 10.3. The minimum absolute atomic E-state index is 0.174. The lowest BCUT2D eigenvalue weighted by Crippen LogP contribution is -2.29. The van der Waals surface area contributed by atoms with Gasteiger partial charge in [0.2, 0.25) is 0 Å². The molecule has 0 spiro atoms. The fourth-order valence-electron chi connectivity index (χ4n) is 3.87. The van der Waals surface area contributed by atoms with Gasteiger partial charge in [-0.3, -0.25) is 19.4 Å². The SMILES string of the molecule is Cc1cc(C(=O)Nc2ccc(N3C(=O)c4ccccc4C3=O)c(Cl)c2)c2ccccc2n1. The van der Waals surface area contributed by atoms with E-state index in [9.17, 15) is 14.4 Å². The molecule has 0 saturated carbocycles. The van der Waals surface area contributed by atoms with Crippen molar-refractivity contribution in [2.45, 2.75) is 6.92 Å². The van der Waals surface area contributed by atoms with Crippen molar-refractivity contribution < 1.29 is 14.4 Å². The van der Waals surface area contributed by atoms with Gasteiger partial charge in [-0.25, -0.2) is 4.90 Å². The van der Waals surface area contributed by atoms with E-state index in [-0.39, 0.29) is 16.6 Å². The number of hydrogen-bond acceptors (Lipinski definition) is 4. The second-order valence-corrected chi connectivity index (χ2v) is 7.85. The number of aromatic nitrogens is 1. The molecule has 0 saturated heterocycles. The maximum absolute atomic E-state index is 13.0. The van der Waals surface area contributed by atoms with Gasteiger partial charge in [0, 0.05) is 16.8 Å². The summed E-state index contributed by atoms with van der Waals surface area (Å²) in [4.78, 5) is 44.0. The summed E-state index contributed by atoms with van der Waals surface area (Å²) in [7, 11) is 0. The Kier molecular flexibility index (Phi) is 4.72. The average molecular weight is 442 g/mol. The van der Waals surface area contributed by atoms with Crippen LogP contribution >= 0.6 is 11.6 Å². The predicted octanol–water partition coefficient (Wildman–Crippen LogP) is 5.25. The molecule has 1 aliphatic heterocycles. The molecular formula is C25H16ClN3O3. The van der Waals surface area contributed by atoms with E-state index in [0.717, 1.165) is 21.5 Å². The van der Waals surface area contributed by atoms with Crippen molar-refractivity contribution in [3.63, 3.8) is 0 Å². The van der Waals surface area contributed by atoms with Gasteiger partial charge in [-0.2, -0.15) is 0 Å². The van der Waals surface area contributed by atoms with Crippen LogP contribution in [0.15, 0.2) is 72.8 Å². The van der Waals surface area contributed by atoms with Crippen molar-refractivity contribution in [2.24, 2.45) is 0 Å². The maximum Gasteiger partial charge on any atom is 0.266 e. The molecule has 5 rings (SSSR count). The molecule has 7 heteroatoms. The van der Waals surface area contributed by atoms with Gasteiger partial charge in [0.15, 0.2) is 0 Å². The Morgan fingerprint density at radius 3 is 2.25 bits per heavy atom. The zero-order valence-electron chi connectivity index (χ0n) is 16.9. The normalized spacial score (nSPS) is 12.9. The third-order valence-corrected chi connectivity index (χ3v) is 5.63. The van der Waals surface area contributed by atoms with Gasteiger partial charge in [-0.15, -0.1) is 0 Å². The Bertz CT molecular complexity index is 1410. The quantitative estimate of drug-likeness (QED) is 0.440. The third kappa shape index (κ3) is 3.21. The fraction of sp³-hybridized carbons (Fsp3) is 0.0400. The molecule has 3 amide bonds.